The van der Waals surface area contributed by atoms with Gasteiger partial charge in [0.05, 0.1) is 24.2 Å². The summed E-state index contributed by atoms with van der Waals surface area (Å²) in [6.07, 6.45) is 5.94. The minimum absolute atomic E-state index is 0.201. The van der Waals surface area contributed by atoms with Gasteiger partial charge in [-0.25, -0.2) is 4.98 Å². The van der Waals surface area contributed by atoms with Crippen LogP contribution in [0.3, 0.4) is 0 Å². The molecule has 176 valence electrons. The zero-order chi connectivity index (χ0) is 22.6. The van der Waals surface area contributed by atoms with Crippen molar-refractivity contribution in [2.45, 2.75) is 56.7 Å². The van der Waals surface area contributed by atoms with Crippen LogP contribution in [0.5, 0.6) is 5.75 Å². The van der Waals surface area contributed by atoms with Crippen LogP contribution in [-0.2, 0) is 17.8 Å². The second kappa shape index (κ2) is 10.5. The molecule has 0 amide bonds. The second-order valence-corrected chi connectivity index (χ2v) is 9.87. The molecule has 1 atom stereocenters. The third kappa shape index (κ3) is 5.21. The highest BCUT2D eigenvalue weighted by molar-refractivity contribution is 6.20. The molecule has 0 N–H and O–H groups in total. The third-order valence-electron chi connectivity index (χ3n) is 7.30. The highest BCUT2D eigenvalue weighted by Gasteiger charge is 2.28. The van der Waals surface area contributed by atoms with Gasteiger partial charge in [0.15, 0.2) is 5.56 Å². The lowest BCUT2D eigenvalue weighted by molar-refractivity contribution is 0.146. The van der Waals surface area contributed by atoms with Crippen LogP contribution in [0.15, 0.2) is 48.5 Å². The van der Waals surface area contributed by atoms with Gasteiger partial charge in [0.1, 0.15) is 11.6 Å². The maximum absolute atomic E-state index is 6.48. The number of piperidine rings is 1. The smallest absolute Gasteiger partial charge is 0.175 e. The Balaban J connectivity index is 1.21. The molecular weight excluding hydrogens is 434 g/mol. The number of aromatic nitrogens is 2. The van der Waals surface area contributed by atoms with Crippen LogP contribution < -0.4 is 4.74 Å². The molecule has 1 aromatic heterocycles. The first kappa shape index (κ1) is 22.7. The summed E-state index contributed by atoms with van der Waals surface area (Å²) in [5.41, 5.74) is 3.43. The van der Waals surface area contributed by atoms with Crippen molar-refractivity contribution in [1.82, 2.24) is 14.5 Å². The van der Waals surface area contributed by atoms with Crippen molar-refractivity contribution in [3.05, 3.63) is 59.9 Å². The molecule has 0 radical (unpaired) electrons. The predicted octanol–water partition coefficient (Wildman–Crippen LogP) is 5.81. The van der Waals surface area contributed by atoms with E-state index in [-0.39, 0.29) is 5.56 Å². The lowest BCUT2D eigenvalue weighted by Crippen LogP contribution is -2.33. The monoisotopic (exact) mass is 467 g/mol. The molecule has 1 aliphatic heterocycles. The van der Waals surface area contributed by atoms with Crippen molar-refractivity contribution in [3.8, 4) is 5.75 Å². The SMILES string of the molecule is COCCn1c(CN2CCC(c3cccc(OC(Cl)C4CCC4)c3)CC2)nc2ccccc21. The summed E-state index contributed by atoms with van der Waals surface area (Å²) < 4.78 is 13.7. The summed E-state index contributed by atoms with van der Waals surface area (Å²) in [4.78, 5) is 7.47. The van der Waals surface area contributed by atoms with E-state index >= 15 is 0 Å². The number of para-hydroxylation sites is 2. The van der Waals surface area contributed by atoms with E-state index in [1.807, 2.05) is 6.07 Å². The zero-order valence-electron chi connectivity index (χ0n) is 19.5. The molecule has 1 saturated carbocycles. The number of ether oxygens (including phenoxy) is 2. The lowest BCUT2D eigenvalue weighted by Gasteiger charge is -2.32. The normalized spacial score (nSPS) is 19.0. The topological polar surface area (TPSA) is 39.5 Å². The Morgan fingerprint density at radius 3 is 2.64 bits per heavy atom. The number of halogens is 1. The molecule has 1 aliphatic carbocycles. The van der Waals surface area contributed by atoms with Gasteiger partial charge in [0, 0.05) is 19.6 Å². The molecular formula is C27H34ClN3O2. The molecule has 2 fully saturated rings. The van der Waals surface area contributed by atoms with E-state index in [1.165, 1.54) is 30.3 Å². The van der Waals surface area contributed by atoms with E-state index in [2.05, 4.69) is 51.9 Å². The minimum atomic E-state index is -0.201. The summed E-state index contributed by atoms with van der Waals surface area (Å²) in [5, 5.41) is 0. The Labute approximate surface area is 201 Å². The number of benzene rings is 2. The molecule has 33 heavy (non-hydrogen) atoms. The maximum atomic E-state index is 6.48. The number of methoxy groups -OCH3 is 1. The number of likely N-dealkylation sites (tertiary alicyclic amines) is 1. The first-order valence-corrected chi connectivity index (χ1v) is 12.7. The molecule has 6 heteroatoms. The van der Waals surface area contributed by atoms with Crippen molar-refractivity contribution in [1.29, 1.82) is 0 Å². The van der Waals surface area contributed by atoms with Gasteiger partial charge in [-0.2, -0.15) is 0 Å². The van der Waals surface area contributed by atoms with E-state index in [9.17, 15) is 0 Å². The molecule has 0 spiro atoms. The van der Waals surface area contributed by atoms with Crippen LogP contribution in [0.4, 0.5) is 0 Å². The van der Waals surface area contributed by atoms with E-state index in [0.29, 0.717) is 18.4 Å². The Morgan fingerprint density at radius 2 is 1.88 bits per heavy atom. The van der Waals surface area contributed by atoms with Gasteiger partial charge in [-0.1, -0.05) is 42.3 Å². The molecule has 5 nitrogen and oxygen atoms in total. The number of hydrogen-bond acceptors (Lipinski definition) is 4. The Hall–Kier alpha value is -2.08. The number of hydrogen-bond donors (Lipinski definition) is 0. The van der Waals surface area contributed by atoms with Crippen molar-refractivity contribution < 1.29 is 9.47 Å². The van der Waals surface area contributed by atoms with Crippen LogP contribution in [0, 0.1) is 5.92 Å². The number of fused-ring (bicyclic) bond motifs is 1. The van der Waals surface area contributed by atoms with Crippen molar-refractivity contribution in [3.63, 3.8) is 0 Å². The average molecular weight is 468 g/mol. The van der Waals surface area contributed by atoms with Crippen LogP contribution in [0.1, 0.15) is 49.4 Å². The first-order chi connectivity index (χ1) is 16.2. The largest absolute Gasteiger partial charge is 0.474 e. The summed E-state index contributed by atoms with van der Waals surface area (Å²) in [5.74, 6) is 3.11. The maximum Gasteiger partial charge on any atom is 0.175 e. The molecule has 1 saturated heterocycles. The molecule has 5 rings (SSSR count). The highest BCUT2D eigenvalue weighted by Crippen LogP contribution is 2.35. The quantitative estimate of drug-likeness (QED) is 0.372. The Bertz CT molecular complexity index is 1060. The molecule has 2 aliphatic rings. The van der Waals surface area contributed by atoms with Gasteiger partial charge in [0.2, 0.25) is 0 Å². The van der Waals surface area contributed by atoms with E-state index in [1.54, 1.807) is 7.11 Å². The van der Waals surface area contributed by atoms with Crippen molar-refractivity contribution in [2.24, 2.45) is 5.92 Å². The number of imidazole rings is 1. The fraction of sp³-hybridized carbons (Fsp3) is 0.519. The van der Waals surface area contributed by atoms with Gasteiger partial charge < -0.3 is 14.0 Å². The molecule has 0 bridgehead atoms. The number of rotatable bonds is 9. The fourth-order valence-corrected chi connectivity index (χ4v) is 5.43. The summed E-state index contributed by atoms with van der Waals surface area (Å²) >= 11 is 6.48. The van der Waals surface area contributed by atoms with Crippen LogP contribution in [0.25, 0.3) is 11.0 Å². The number of alkyl halides is 1. The fourth-order valence-electron chi connectivity index (χ4n) is 5.07. The van der Waals surface area contributed by atoms with Gasteiger partial charge in [-0.15, -0.1) is 0 Å². The lowest BCUT2D eigenvalue weighted by atomic mass is 9.86. The van der Waals surface area contributed by atoms with E-state index < -0.39 is 0 Å². The minimum Gasteiger partial charge on any atom is -0.474 e. The molecule has 2 aromatic carbocycles. The van der Waals surface area contributed by atoms with Gasteiger partial charge in [-0.05, 0) is 74.5 Å². The van der Waals surface area contributed by atoms with Gasteiger partial charge >= 0.3 is 0 Å². The second-order valence-electron chi connectivity index (χ2n) is 9.44. The Morgan fingerprint density at radius 1 is 1.06 bits per heavy atom. The molecule has 3 aromatic rings. The standard InChI is InChI=1S/C27H34ClN3O2/c1-32-17-16-31-25-11-3-2-10-24(25)29-26(31)19-30-14-12-20(13-15-30)22-8-5-9-23(18-22)33-27(28)21-6-4-7-21/h2-3,5,8-11,18,20-21,27H,4,6-7,12-17,19H2,1H3. The summed E-state index contributed by atoms with van der Waals surface area (Å²) in [7, 11) is 1.75. The van der Waals surface area contributed by atoms with Gasteiger partial charge in [-0.3, -0.25) is 4.90 Å². The Kier molecular flexibility index (Phi) is 7.19. The predicted molar refractivity (Wildman–Crippen MR) is 133 cm³/mol. The summed E-state index contributed by atoms with van der Waals surface area (Å²) in [6.45, 7) is 4.55. The van der Waals surface area contributed by atoms with Crippen LogP contribution >= 0.6 is 11.6 Å². The first-order valence-electron chi connectivity index (χ1n) is 12.3. The third-order valence-corrected chi connectivity index (χ3v) is 7.75. The molecule has 1 unspecified atom stereocenters. The van der Waals surface area contributed by atoms with Crippen LogP contribution in [0.2, 0.25) is 0 Å². The van der Waals surface area contributed by atoms with Crippen molar-refractivity contribution >= 4 is 22.6 Å². The zero-order valence-corrected chi connectivity index (χ0v) is 20.2. The number of nitrogens with zero attached hydrogens (tertiary/aromatic N) is 3. The molecule has 2 heterocycles. The van der Waals surface area contributed by atoms with E-state index in [4.69, 9.17) is 26.1 Å². The highest BCUT2D eigenvalue weighted by atomic mass is 35.5. The van der Waals surface area contributed by atoms with Crippen molar-refractivity contribution in [2.75, 3.05) is 26.8 Å². The van der Waals surface area contributed by atoms with Gasteiger partial charge in [0.25, 0.3) is 0 Å². The summed E-state index contributed by atoms with van der Waals surface area (Å²) in [6, 6.07) is 17.0. The van der Waals surface area contributed by atoms with E-state index in [0.717, 1.165) is 56.1 Å². The van der Waals surface area contributed by atoms with Crippen LogP contribution in [-0.4, -0.2) is 46.8 Å². The average Bonchev–Trinajstić information content (AvgIpc) is 3.14.